The Hall–Kier alpha value is -7.28. The number of nitriles is 1. The molecule has 0 radical (unpaired) electrons. The van der Waals surface area contributed by atoms with Crippen LogP contribution in [-0.4, -0.2) is 78.3 Å². The zero-order valence-electron chi connectivity index (χ0n) is 44.0. The summed E-state index contributed by atoms with van der Waals surface area (Å²) in [5, 5.41) is 29.8. The van der Waals surface area contributed by atoms with Gasteiger partial charge < -0.3 is 30.9 Å². The van der Waals surface area contributed by atoms with Crippen molar-refractivity contribution in [3.63, 3.8) is 0 Å². The zero-order chi connectivity index (χ0) is 55.2. The number of nitrogens with two attached hydrogens (primary N) is 1. The molecule has 416 valence electrons. The number of H-pyrrole nitrogens is 2. The maximum Gasteiger partial charge on any atom is 0.416 e. The minimum absolute atomic E-state index is 0.0114. The Kier molecular flexibility index (Phi) is 19.2. The Labute approximate surface area is 450 Å². The minimum Gasteiger partial charge on any atom is -0.388 e. The molecule has 6 aromatic rings. The smallest absolute Gasteiger partial charge is 0.388 e. The summed E-state index contributed by atoms with van der Waals surface area (Å²) in [6.45, 7) is 0. The third-order valence-electron chi connectivity index (χ3n) is 15.4. The number of carbonyl (C=O) groups excluding carboxylic acids is 1. The highest BCUT2D eigenvalue weighted by Crippen LogP contribution is 2.37. The van der Waals surface area contributed by atoms with Gasteiger partial charge in [-0.3, -0.25) is 15.0 Å². The van der Waals surface area contributed by atoms with Gasteiger partial charge in [0.25, 0.3) is 6.26 Å². The number of hydrogen-bond acceptors (Lipinski definition) is 14. The second-order valence-electron chi connectivity index (χ2n) is 20.9. The number of ether oxygens (including phenoxy) is 1. The van der Waals surface area contributed by atoms with E-state index in [4.69, 9.17) is 16.0 Å². The van der Waals surface area contributed by atoms with E-state index < -0.39 is 23.5 Å². The number of anilines is 6. The molecule has 10 rings (SSSR count). The summed E-state index contributed by atoms with van der Waals surface area (Å²) in [5.41, 5.74) is 7.30. The van der Waals surface area contributed by atoms with E-state index in [0.29, 0.717) is 47.7 Å². The molecule has 4 saturated carbocycles. The van der Waals surface area contributed by atoms with Crippen molar-refractivity contribution in [1.82, 2.24) is 40.3 Å². The lowest BCUT2D eigenvalue weighted by Gasteiger charge is -2.34. The molecule has 4 aliphatic rings. The predicted molar refractivity (Wildman–Crippen MR) is 285 cm³/mol. The summed E-state index contributed by atoms with van der Waals surface area (Å²) in [4.78, 5) is 35.2. The van der Waals surface area contributed by atoms with Gasteiger partial charge in [0.15, 0.2) is 11.6 Å². The van der Waals surface area contributed by atoms with Crippen molar-refractivity contribution in [3.8, 4) is 12.0 Å². The number of aromatic amines is 2. The number of benzene rings is 2. The van der Waals surface area contributed by atoms with Gasteiger partial charge in [-0.2, -0.15) is 46.5 Å². The van der Waals surface area contributed by atoms with Crippen LogP contribution in [0.4, 0.5) is 61.5 Å². The quantitative estimate of drug-likeness (QED) is 0.0478. The van der Waals surface area contributed by atoms with Crippen molar-refractivity contribution >= 4 is 41.0 Å². The number of ketones is 1. The van der Waals surface area contributed by atoms with Crippen molar-refractivity contribution in [2.75, 3.05) is 34.5 Å². The first-order chi connectivity index (χ1) is 37.5. The highest BCUT2D eigenvalue weighted by Gasteiger charge is 2.33. The summed E-state index contributed by atoms with van der Waals surface area (Å²) in [7, 11) is 4.07. The van der Waals surface area contributed by atoms with Crippen LogP contribution in [-0.2, 0) is 23.6 Å². The van der Waals surface area contributed by atoms with Crippen LogP contribution in [0, 0.1) is 17.4 Å². The normalized spacial score (nSPS) is 19.8. The van der Waals surface area contributed by atoms with Crippen LogP contribution in [0.1, 0.15) is 149 Å². The molecular weight excluding hydrogens is 1010 g/mol. The molecule has 4 aliphatic carbocycles. The maximum atomic E-state index is 13.0. The molecule has 4 aromatic heterocycles. The number of halogens is 6. The number of nitrogens with zero attached hydrogens (tertiary/aromatic N) is 9. The van der Waals surface area contributed by atoms with E-state index in [2.05, 4.69) is 79.7 Å². The molecule has 0 amide bonds. The molecular formula is C56H68F6N14O2. The lowest BCUT2D eigenvalue weighted by atomic mass is 9.82. The van der Waals surface area contributed by atoms with Crippen molar-refractivity contribution < 1.29 is 35.9 Å². The fraction of sp³-hybridized carbons (Fsp3) is 0.500. The number of Topliss-reactive ketones (excluding diaryl/α,β-unsaturated/α-hetero) is 1. The zero-order valence-corrected chi connectivity index (χ0v) is 44.0. The minimum atomic E-state index is -4.41. The standard InChI is InChI=1S/C29H35F3N6O.C19H29N7.C8H4F3NO/c1-38(28-33-14-13-26(35-28)34-27-18-25(36-37-27)21-6-2-3-7-21)23-11-9-19(10-12-23)16-24(39)17-20-5-4-8-22(15-20)29(30,31)32;1-26(15-8-6-14(20)7-9-15)19-21-11-10-17(23-19)22-18-12-16(24-25-18)13-4-2-3-5-13;9-8(10,11)6-2-1-3-7(4-6)13-5-12/h4-5,8,13-15,18-19,21,23H,2-3,6-7,9-12,16-17H2,1H3,(H2,33,34,35,36,37);10-15H,2-9,20H2,1H3,(H2,21,22,23,24,25);1-4H. The van der Waals surface area contributed by atoms with Crippen molar-refractivity contribution in [1.29, 1.82) is 5.26 Å². The van der Waals surface area contributed by atoms with E-state index in [1.807, 2.05) is 19.2 Å². The van der Waals surface area contributed by atoms with Gasteiger partial charge >= 0.3 is 12.4 Å². The van der Waals surface area contributed by atoms with Gasteiger partial charge in [-0.05, 0) is 125 Å². The van der Waals surface area contributed by atoms with Gasteiger partial charge in [-0.1, -0.05) is 49.9 Å². The molecule has 0 aliphatic heterocycles. The number of hydrogen-bond donors (Lipinski definition) is 5. The van der Waals surface area contributed by atoms with E-state index in [0.717, 1.165) is 99.0 Å². The predicted octanol–water partition coefficient (Wildman–Crippen LogP) is 12.7. The Morgan fingerprint density at radius 2 is 1.13 bits per heavy atom. The average Bonchev–Trinajstić information content (AvgIpc) is 4.30. The van der Waals surface area contributed by atoms with E-state index in [1.165, 1.54) is 87.2 Å². The van der Waals surface area contributed by atoms with Crippen LogP contribution in [0.2, 0.25) is 0 Å². The number of nitrogens with one attached hydrogen (secondary N) is 4. The van der Waals surface area contributed by atoms with Crippen LogP contribution in [0.15, 0.2) is 85.2 Å². The van der Waals surface area contributed by atoms with E-state index >= 15 is 0 Å². The third-order valence-corrected chi connectivity index (χ3v) is 15.4. The Morgan fingerprint density at radius 1 is 0.654 bits per heavy atom. The SMILES string of the molecule is CN(c1nccc(Nc2cc(C3CCCC3)[nH]n2)n1)C1CCC(CC(=O)Cc2cccc(C(F)(F)F)c2)CC1.CN(c1nccc(Nc2cc(C3CCCC3)[nH]n2)n1)C1CCC(N)CC1.N#COc1cccc(C(F)(F)F)c1. The molecule has 78 heavy (non-hydrogen) atoms. The molecule has 2 aromatic carbocycles. The molecule has 0 saturated heterocycles. The van der Waals surface area contributed by atoms with Crippen molar-refractivity contribution in [2.45, 2.75) is 158 Å². The number of rotatable bonds is 15. The Balaban J connectivity index is 0.000000176. The molecule has 6 N–H and O–H groups in total. The molecule has 0 spiro atoms. The van der Waals surface area contributed by atoms with Gasteiger partial charge in [-0.15, -0.1) is 5.26 Å². The lowest BCUT2D eigenvalue weighted by Crippen LogP contribution is -2.39. The van der Waals surface area contributed by atoms with Crippen LogP contribution < -0.4 is 30.9 Å². The van der Waals surface area contributed by atoms with Crippen LogP contribution in [0.3, 0.4) is 0 Å². The first-order valence-corrected chi connectivity index (χ1v) is 26.9. The summed E-state index contributed by atoms with van der Waals surface area (Å²) in [6.07, 6.45) is 14.5. The lowest BCUT2D eigenvalue weighted by molar-refractivity contribution is -0.138. The molecule has 0 bridgehead atoms. The van der Waals surface area contributed by atoms with Gasteiger partial charge in [0, 0.05) is 92.8 Å². The fourth-order valence-corrected chi connectivity index (χ4v) is 11.0. The van der Waals surface area contributed by atoms with Crippen molar-refractivity contribution in [3.05, 3.63) is 113 Å². The van der Waals surface area contributed by atoms with E-state index in [1.54, 1.807) is 18.5 Å². The monoisotopic (exact) mass is 1080 g/mol. The van der Waals surface area contributed by atoms with E-state index in [-0.39, 0.29) is 29.9 Å². The number of aromatic nitrogens is 8. The number of alkyl halides is 6. The highest BCUT2D eigenvalue weighted by atomic mass is 19.4. The fourth-order valence-electron chi connectivity index (χ4n) is 11.0. The first kappa shape index (κ1) is 56.9. The second-order valence-corrected chi connectivity index (χ2v) is 20.9. The molecule has 4 heterocycles. The Bertz CT molecular complexity index is 2890. The summed E-state index contributed by atoms with van der Waals surface area (Å²) < 4.78 is 79.4. The second kappa shape index (κ2) is 26.4. The van der Waals surface area contributed by atoms with Gasteiger partial charge in [-0.25, -0.2) is 9.97 Å². The molecule has 22 heteroatoms. The van der Waals surface area contributed by atoms with Gasteiger partial charge in [0.1, 0.15) is 23.2 Å². The largest absolute Gasteiger partial charge is 0.416 e. The number of carbonyl (C=O) groups is 1. The molecule has 16 nitrogen and oxygen atoms in total. The van der Waals surface area contributed by atoms with Gasteiger partial charge in [0.2, 0.25) is 11.9 Å². The third kappa shape index (κ3) is 16.1. The Morgan fingerprint density at radius 3 is 1.62 bits per heavy atom. The van der Waals surface area contributed by atoms with E-state index in [9.17, 15) is 31.1 Å². The molecule has 4 fully saturated rings. The van der Waals surface area contributed by atoms with Crippen LogP contribution in [0.5, 0.6) is 5.75 Å². The van der Waals surface area contributed by atoms with Crippen LogP contribution >= 0.6 is 0 Å². The molecule has 0 atom stereocenters. The first-order valence-electron chi connectivity index (χ1n) is 26.9. The maximum absolute atomic E-state index is 13.0. The molecule has 0 unspecified atom stereocenters. The van der Waals surface area contributed by atoms with Gasteiger partial charge in [0.05, 0.1) is 11.1 Å². The summed E-state index contributed by atoms with van der Waals surface area (Å²) >= 11 is 0. The summed E-state index contributed by atoms with van der Waals surface area (Å²) in [6, 6.07) is 18.2. The average molecular weight is 1080 g/mol. The topological polar surface area (TPSA) is 216 Å². The summed E-state index contributed by atoms with van der Waals surface area (Å²) in [5.74, 6) is 5.73. The van der Waals surface area contributed by atoms with Crippen molar-refractivity contribution in [2.24, 2.45) is 11.7 Å². The van der Waals surface area contributed by atoms with Crippen LogP contribution in [0.25, 0.3) is 0 Å². The highest BCUT2D eigenvalue weighted by molar-refractivity contribution is 5.81.